The van der Waals surface area contributed by atoms with Crippen LogP contribution < -0.4 is 5.73 Å². The lowest BCUT2D eigenvalue weighted by Crippen LogP contribution is -2.56. The van der Waals surface area contributed by atoms with Gasteiger partial charge in [-0.1, -0.05) is 32.9 Å². The summed E-state index contributed by atoms with van der Waals surface area (Å²) in [5, 5.41) is 3.95. The number of nitrogens with zero attached hydrogens (tertiary/aromatic N) is 4. The van der Waals surface area contributed by atoms with Crippen LogP contribution in [0.3, 0.4) is 0 Å². The van der Waals surface area contributed by atoms with E-state index in [4.69, 9.17) is 10.3 Å². The molecule has 0 aliphatic carbocycles. The van der Waals surface area contributed by atoms with Crippen LogP contribution >= 0.6 is 24.8 Å². The molecule has 2 N–H and O–H groups in total. The summed E-state index contributed by atoms with van der Waals surface area (Å²) in [6.45, 7) is 13.0. The molecule has 0 radical (unpaired) electrons. The first kappa shape index (κ1) is 24.1. The predicted octanol–water partition coefficient (Wildman–Crippen LogP) is 2.05. The summed E-state index contributed by atoms with van der Waals surface area (Å²) >= 11 is 0. The fourth-order valence-corrected chi connectivity index (χ4v) is 2.63. The lowest BCUT2D eigenvalue weighted by atomic mass is 9.86. The molecule has 0 spiro atoms. The molecule has 1 aliphatic rings. The van der Waals surface area contributed by atoms with Crippen molar-refractivity contribution in [2.75, 3.05) is 26.2 Å². The van der Waals surface area contributed by atoms with Gasteiger partial charge in [0.15, 0.2) is 5.82 Å². The van der Waals surface area contributed by atoms with E-state index in [-0.39, 0.29) is 42.2 Å². The molecule has 9 heteroatoms. The van der Waals surface area contributed by atoms with Crippen LogP contribution in [0.5, 0.6) is 0 Å². The summed E-state index contributed by atoms with van der Waals surface area (Å²) in [5.41, 5.74) is 5.87. The number of halogens is 2. The molecule has 2 rings (SSSR count). The Hall–Kier alpha value is -0.890. The monoisotopic (exact) mass is 395 g/mol. The van der Waals surface area contributed by atoms with Gasteiger partial charge in [-0.25, -0.2) is 0 Å². The molecule has 1 amide bonds. The maximum absolute atomic E-state index is 12.5. The fourth-order valence-electron chi connectivity index (χ4n) is 2.63. The molecule has 1 fully saturated rings. The van der Waals surface area contributed by atoms with Crippen LogP contribution in [0.1, 0.15) is 52.4 Å². The van der Waals surface area contributed by atoms with Gasteiger partial charge in [-0.05, 0) is 12.3 Å². The van der Waals surface area contributed by atoms with E-state index in [0.29, 0.717) is 19.0 Å². The van der Waals surface area contributed by atoms with Crippen LogP contribution in [0.25, 0.3) is 0 Å². The summed E-state index contributed by atoms with van der Waals surface area (Å²) in [5.74, 6) is 1.42. The lowest BCUT2D eigenvalue weighted by Gasteiger charge is -2.39. The molecule has 0 aromatic carbocycles. The average Bonchev–Trinajstić information content (AvgIpc) is 3.01. The van der Waals surface area contributed by atoms with Gasteiger partial charge in [0.05, 0.1) is 12.1 Å². The number of aromatic nitrogens is 2. The second-order valence-electron chi connectivity index (χ2n) is 7.28. The molecule has 2 atom stereocenters. The summed E-state index contributed by atoms with van der Waals surface area (Å²) in [4.78, 5) is 21.0. The highest BCUT2D eigenvalue weighted by atomic mass is 35.5. The zero-order valence-electron chi connectivity index (χ0n) is 15.7. The highest BCUT2D eigenvalue weighted by molar-refractivity contribution is 5.85. The maximum atomic E-state index is 12.5. The van der Waals surface area contributed by atoms with Crippen molar-refractivity contribution in [1.82, 2.24) is 19.9 Å². The zero-order valence-corrected chi connectivity index (χ0v) is 17.3. The van der Waals surface area contributed by atoms with Gasteiger partial charge in [0, 0.05) is 32.6 Å². The molecule has 0 bridgehead atoms. The zero-order chi connectivity index (χ0) is 17.2. The van der Waals surface area contributed by atoms with E-state index >= 15 is 0 Å². The number of rotatable bonds is 4. The van der Waals surface area contributed by atoms with E-state index in [1.54, 1.807) is 0 Å². The summed E-state index contributed by atoms with van der Waals surface area (Å²) in [6.07, 6.45) is 0.767. The first-order valence-corrected chi connectivity index (χ1v) is 8.35. The first-order chi connectivity index (χ1) is 10.7. The molecule has 1 aromatic rings. The van der Waals surface area contributed by atoms with Gasteiger partial charge >= 0.3 is 0 Å². The summed E-state index contributed by atoms with van der Waals surface area (Å²) in [7, 11) is 0. The van der Waals surface area contributed by atoms with Crippen molar-refractivity contribution >= 4 is 30.7 Å². The first-order valence-electron chi connectivity index (χ1n) is 8.35. The van der Waals surface area contributed by atoms with Gasteiger partial charge in [-0.3, -0.25) is 9.69 Å². The molecule has 146 valence electrons. The normalized spacial score (nSPS) is 18.1. The molecule has 1 aliphatic heterocycles. The highest BCUT2D eigenvalue weighted by Gasteiger charge is 2.34. The molecular formula is C16H31Cl2N5O2. The Morgan fingerprint density at radius 2 is 1.80 bits per heavy atom. The maximum Gasteiger partial charge on any atom is 0.243 e. The van der Waals surface area contributed by atoms with Crippen LogP contribution in [0.2, 0.25) is 0 Å². The van der Waals surface area contributed by atoms with Gasteiger partial charge < -0.3 is 15.2 Å². The third-order valence-electron chi connectivity index (χ3n) is 4.53. The summed E-state index contributed by atoms with van der Waals surface area (Å²) in [6, 6.07) is -0.397. The van der Waals surface area contributed by atoms with Gasteiger partial charge in [-0.2, -0.15) is 4.98 Å². The minimum Gasteiger partial charge on any atom is -0.339 e. The molecule has 25 heavy (non-hydrogen) atoms. The fraction of sp³-hybridized carbons (Fsp3) is 0.812. The Morgan fingerprint density at radius 3 is 2.24 bits per heavy atom. The Morgan fingerprint density at radius 1 is 1.24 bits per heavy atom. The minimum atomic E-state index is -0.463. The molecule has 1 saturated heterocycles. The smallest absolute Gasteiger partial charge is 0.243 e. The number of piperazine rings is 1. The SMILES string of the molecule is CCc1noc(C(C)N2CCN(C(=O)[C@@H](N)C(C)(C)C)CC2)n1.Cl.Cl. The number of aryl methyl sites for hydroxylation is 1. The Balaban J connectivity index is 0.00000288. The van der Waals surface area contributed by atoms with E-state index in [1.165, 1.54) is 0 Å². The van der Waals surface area contributed by atoms with Gasteiger partial charge in [0.25, 0.3) is 0 Å². The summed E-state index contributed by atoms with van der Waals surface area (Å²) < 4.78 is 5.32. The second-order valence-corrected chi connectivity index (χ2v) is 7.28. The van der Waals surface area contributed by atoms with Crippen molar-refractivity contribution < 1.29 is 9.32 Å². The number of nitrogens with two attached hydrogens (primary N) is 1. The van der Waals surface area contributed by atoms with E-state index in [1.807, 2.05) is 32.6 Å². The van der Waals surface area contributed by atoms with Crippen molar-refractivity contribution in [2.24, 2.45) is 11.1 Å². The molecule has 0 saturated carbocycles. The van der Waals surface area contributed by atoms with Crippen LogP contribution in [0, 0.1) is 5.41 Å². The lowest BCUT2D eigenvalue weighted by molar-refractivity contribution is -0.137. The highest BCUT2D eigenvalue weighted by Crippen LogP contribution is 2.23. The average molecular weight is 396 g/mol. The van der Waals surface area contributed by atoms with Crippen LogP contribution in [0.4, 0.5) is 0 Å². The number of amides is 1. The van der Waals surface area contributed by atoms with Gasteiger partial charge in [-0.15, -0.1) is 24.8 Å². The number of carbonyl (C=O) groups is 1. The van der Waals surface area contributed by atoms with Crippen LogP contribution in [-0.4, -0.2) is 58.1 Å². The van der Waals surface area contributed by atoms with Crippen LogP contribution in [0.15, 0.2) is 4.52 Å². The van der Waals surface area contributed by atoms with Crippen molar-refractivity contribution in [2.45, 2.75) is 53.1 Å². The van der Waals surface area contributed by atoms with E-state index in [0.717, 1.165) is 25.3 Å². The Bertz CT molecular complexity index is 539. The van der Waals surface area contributed by atoms with E-state index in [9.17, 15) is 4.79 Å². The van der Waals surface area contributed by atoms with Crippen LogP contribution in [-0.2, 0) is 11.2 Å². The predicted molar refractivity (Wildman–Crippen MR) is 102 cm³/mol. The van der Waals surface area contributed by atoms with Crippen molar-refractivity contribution in [1.29, 1.82) is 0 Å². The topological polar surface area (TPSA) is 88.5 Å². The van der Waals surface area contributed by atoms with E-state index in [2.05, 4.69) is 22.0 Å². The molecule has 7 nitrogen and oxygen atoms in total. The minimum absolute atomic E-state index is 0. The Kier molecular flexibility index (Phi) is 9.36. The number of hydrogen-bond acceptors (Lipinski definition) is 6. The Labute approximate surface area is 162 Å². The molecule has 2 heterocycles. The molecule has 1 unspecified atom stereocenters. The van der Waals surface area contributed by atoms with Crippen molar-refractivity contribution in [3.8, 4) is 0 Å². The van der Waals surface area contributed by atoms with Gasteiger partial charge in [0.2, 0.25) is 11.8 Å². The molecule has 1 aromatic heterocycles. The van der Waals surface area contributed by atoms with E-state index < -0.39 is 6.04 Å². The quantitative estimate of drug-likeness (QED) is 0.838. The number of carbonyl (C=O) groups excluding carboxylic acids is 1. The second kappa shape index (κ2) is 9.71. The van der Waals surface area contributed by atoms with Gasteiger partial charge in [0.1, 0.15) is 0 Å². The third-order valence-corrected chi connectivity index (χ3v) is 4.53. The number of hydrogen-bond donors (Lipinski definition) is 1. The standard InChI is InChI=1S/C16H29N5O2.2ClH/c1-6-12-18-14(23-19-12)11(2)20-7-9-21(10-8-20)15(22)13(17)16(3,4)5;;/h11,13H,6-10,17H2,1-5H3;2*1H/t11?,13-;;/m1../s1. The largest absolute Gasteiger partial charge is 0.339 e. The van der Waals surface area contributed by atoms with Crippen molar-refractivity contribution in [3.05, 3.63) is 11.7 Å². The van der Waals surface area contributed by atoms with Crippen molar-refractivity contribution in [3.63, 3.8) is 0 Å². The molecular weight excluding hydrogens is 365 g/mol. The third kappa shape index (κ3) is 5.81.